The van der Waals surface area contributed by atoms with E-state index < -0.39 is 23.8 Å². The third-order valence-electron chi connectivity index (χ3n) is 3.02. The zero-order valence-corrected chi connectivity index (χ0v) is 22.2. The molecule has 0 atom stereocenters. The summed E-state index contributed by atoms with van der Waals surface area (Å²) >= 11 is 0. The molecule has 0 radical (unpaired) electrons. The number of amides is 2. The molecule has 0 unspecified atom stereocenters. The second-order valence-electron chi connectivity index (χ2n) is 5.15. The molecule has 31 heavy (non-hydrogen) atoms. The number of aromatic carboxylic acids is 2. The summed E-state index contributed by atoms with van der Waals surface area (Å²) in [6.07, 6.45) is 0. The van der Waals surface area contributed by atoms with Crippen molar-refractivity contribution in [2.24, 2.45) is 0 Å². The van der Waals surface area contributed by atoms with E-state index >= 15 is 0 Å². The molecule has 0 saturated carbocycles. The summed E-state index contributed by atoms with van der Waals surface area (Å²) in [7, 11) is 0. The smallest absolute Gasteiger partial charge is 0.680 e. The van der Waals surface area contributed by atoms with Gasteiger partial charge in [-0.2, -0.15) is 0 Å². The van der Waals surface area contributed by atoms with Crippen LogP contribution < -0.4 is 69.3 Å². The fourth-order valence-corrected chi connectivity index (χ4v) is 1.73. The van der Waals surface area contributed by atoms with Crippen LogP contribution in [0.15, 0.2) is 48.5 Å². The zero-order valence-electron chi connectivity index (χ0n) is 16.7. The minimum absolute atomic E-state index is 0. The van der Waals surface area contributed by atoms with Gasteiger partial charge in [-0.3, -0.25) is 0 Å². The number of hydrogen-bond donors (Lipinski definition) is 0. The number of nitrogens with zero attached hydrogens (tertiary/aromatic N) is 2. The maximum Gasteiger partial charge on any atom is 1.00 e. The number of carboxylic acids is 2. The normalized spacial score (nSPS) is 8.52. The first-order valence-corrected chi connectivity index (χ1v) is 7.65. The average molecular weight is 535 g/mol. The number of carbonyl (C=O) groups excluding carboxylic acids is 4. The number of hydrogen-bond acceptors (Lipinski definition) is 6. The predicted octanol–water partition coefficient (Wildman–Crippen LogP) is -4.73. The Morgan fingerprint density at radius 3 is 1.10 bits per heavy atom. The van der Waals surface area contributed by atoms with Crippen molar-refractivity contribution >= 4 is 35.1 Å². The fourth-order valence-electron chi connectivity index (χ4n) is 1.73. The van der Waals surface area contributed by atoms with E-state index in [-0.39, 0.29) is 104 Å². The van der Waals surface area contributed by atoms with E-state index in [0.29, 0.717) is 11.4 Å². The zero-order chi connectivity index (χ0) is 21.1. The SMILES string of the molecule is [NH-]C(=O)C[N-]c1ccc(C(=O)[O-])cc1.[NH-]C(=O)C[N-]c1ccc(C(=O)[O-])cc1.[Na+].[Na+].[Pd]. The Hall–Kier alpha value is -1.42. The molecule has 2 aromatic carbocycles. The van der Waals surface area contributed by atoms with Gasteiger partial charge in [-0.25, -0.2) is 0 Å². The van der Waals surface area contributed by atoms with Crippen LogP contribution in [-0.2, 0) is 30.0 Å². The first-order valence-electron chi connectivity index (χ1n) is 7.65. The van der Waals surface area contributed by atoms with Gasteiger partial charge in [-0.15, -0.1) is 11.4 Å². The molecule has 0 aliphatic carbocycles. The Balaban J connectivity index is -0.000000461. The number of nitrogens with one attached hydrogen (secondary N) is 2. The largest absolute Gasteiger partial charge is 1.00 e. The minimum Gasteiger partial charge on any atom is -0.680 e. The Morgan fingerprint density at radius 1 is 0.645 bits per heavy atom. The first-order chi connectivity index (χ1) is 13.2. The molecule has 0 spiro atoms. The van der Waals surface area contributed by atoms with Crippen LogP contribution in [-0.4, -0.2) is 36.8 Å². The Labute approximate surface area is 236 Å². The maximum atomic E-state index is 10.4. The van der Waals surface area contributed by atoms with Crippen molar-refractivity contribution in [3.05, 3.63) is 81.8 Å². The van der Waals surface area contributed by atoms with E-state index in [1.807, 2.05) is 0 Å². The summed E-state index contributed by atoms with van der Waals surface area (Å²) in [5.74, 6) is -4.08. The fraction of sp³-hybridized carbons (Fsp3) is 0.111. The van der Waals surface area contributed by atoms with Crippen LogP contribution in [0.2, 0.25) is 0 Å². The van der Waals surface area contributed by atoms with Crippen LogP contribution in [0.4, 0.5) is 11.4 Å². The second-order valence-corrected chi connectivity index (χ2v) is 5.15. The molecule has 2 amide bonds. The van der Waals surface area contributed by atoms with Gasteiger partial charge in [0.25, 0.3) is 0 Å². The van der Waals surface area contributed by atoms with Crippen LogP contribution >= 0.6 is 0 Å². The third-order valence-corrected chi connectivity index (χ3v) is 3.02. The van der Waals surface area contributed by atoms with Gasteiger partial charge >= 0.3 is 59.1 Å². The molecule has 0 aliphatic heterocycles. The summed E-state index contributed by atoms with van der Waals surface area (Å²) in [6, 6.07) is 11.2. The molecule has 13 heteroatoms. The summed E-state index contributed by atoms with van der Waals surface area (Å²) in [5.41, 5.74) is 14.3. The molecule has 2 rings (SSSR count). The Bertz CT molecular complexity index is 780. The monoisotopic (exact) mass is 534 g/mol. The molecule has 2 N–H and O–H groups in total. The van der Waals surface area contributed by atoms with E-state index in [4.69, 9.17) is 11.5 Å². The van der Waals surface area contributed by atoms with E-state index in [0.717, 1.165) is 0 Å². The van der Waals surface area contributed by atoms with Gasteiger partial charge in [0.1, 0.15) is 0 Å². The summed E-state index contributed by atoms with van der Waals surface area (Å²) < 4.78 is 0. The van der Waals surface area contributed by atoms with E-state index in [2.05, 4.69) is 10.6 Å². The number of rotatable bonds is 8. The number of carbonyl (C=O) groups is 4. The van der Waals surface area contributed by atoms with Crippen molar-refractivity contribution in [2.45, 2.75) is 0 Å². The van der Waals surface area contributed by atoms with Crippen molar-refractivity contribution in [1.29, 1.82) is 0 Å². The van der Waals surface area contributed by atoms with Crippen molar-refractivity contribution in [1.82, 2.24) is 0 Å². The predicted molar refractivity (Wildman–Crippen MR) is 96.0 cm³/mol. The standard InChI is InChI=1S/2C9H9N2O3.2Na.Pd/c2*10-8(12)5-11-7-3-1-6(2-4-7)9(13)14;;;/h2*1-4H,5H2,(H3,10,12,13,14);;;/q2*-1;2*+1;/p-4. The van der Waals surface area contributed by atoms with Crippen LogP contribution in [0.25, 0.3) is 22.1 Å². The average Bonchev–Trinajstić information content (AvgIpc) is 2.65. The van der Waals surface area contributed by atoms with Gasteiger partial charge in [-0.05, 0) is 11.1 Å². The van der Waals surface area contributed by atoms with E-state index in [1.165, 1.54) is 48.5 Å². The van der Waals surface area contributed by atoms with Crippen LogP contribution in [0, 0.1) is 0 Å². The Morgan fingerprint density at radius 2 is 0.903 bits per heavy atom. The molecule has 0 saturated heterocycles. The molecular formula is C18H14N4Na2O6Pd-4. The van der Waals surface area contributed by atoms with Crippen molar-refractivity contribution in [3.8, 4) is 0 Å². The summed E-state index contributed by atoms with van der Waals surface area (Å²) in [6.45, 7) is -0.435. The van der Waals surface area contributed by atoms with Gasteiger partial charge in [0.15, 0.2) is 0 Å². The maximum absolute atomic E-state index is 10.4. The molecule has 158 valence electrons. The van der Waals surface area contributed by atoms with Gasteiger partial charge < -0.3 is 51.5 Å². The molecule has 0 aromatic heterocycles. The number of benzene rings is 2. The minimum atomic E-state index is -1.26. The Kier molecular flexibility index (Phi) is 20.1. The first kappa shape index (κ1) is 34.2. The summed E-state index contributed by atoms with van der Waals surface area (Å²) in [4.78, 5) is 41.2. The van der Waals surface area contributed by atoms with E-state index in [9.17, 15) is 29.4 Å². The molecular weight excluding hydrogens is 521 g/mol. The molecule has 0 bridgehead atoms. The summed E-state index contributed by atoms with van der Waals surface area (Å²) in [5, 5.41) is 28.2. The molecule has 0 aliphatic rings. The molecule has 10 nitrogen and oxygen atoms in total. The van der Waals surface area contributed by atoms with Crippen molar-refractivity contribution in [3.63, 3.8) is 0 Å². The molecule has 0 heterocycles. The van der Waals surface area contributed by atoms with Gasteiger partial charge in [0, 0.05) is 32.2 Å². The van der Waals surface area contributed by atoms with E-state index in [1.54, 1.807) is 0 Å². The van der Waals surface area contributed by atoms with Gasteiger partial charge in [0.05, 0.1) is 11.9 Å². The number of carboxylic acid groups (broad SMARTS) is 2. The molecule has 2 aromatic rings. The molecule has 0 fully saturated rings. The van der Waals surface area contributed by atoms with Crippen LogP contribution in [0.5, 0.6) is 0 Å². The van der Waals surface area contributed by atoms with Crippen molar-refractivity contribution < 1.29 is 109 Å². The van der Waals surface area contributed by atoms with Crippen LogP contribution in [0.3, 0.4) is 0 Å². The quantitative estimate of drug-likeness (QED) is 0.305. The second kappa shape index (κ2) is 18.2. The topological polar surface area (TPSA) is 190 Å². The van der Waals surface area contributed by atoms with Crippen molar-refractivity contribution in [2.75, 3.05) is 13.1 Å². The van der Waals surface area contributed by atoms with Crippen LogP contribution in [0.1, 0.15) is 20.7 Å². The van der Waals surface area contributed by atoms with Gasteiger partial charge in [0.2, 0.25) is 0 Å². The third kappa shape index (κ3) is 15.1. The van der Waals surface area contributed by atoms with Gasteiger partial charge in [-0.1, -0.05) is 61.6 Å².